The van der Waals surface area contributed by atoms with Gasteiger partial charge in [0.1, 0.15) is 0 Å². The van der Waals surface area contributed by atoms with Gasteiger partial charge in [-0.1, -0.05) is 35.5 Å². The molecule has 0 bridgehead atoms. The molecule has 0 heterocycles. The maximum absolute atomic E-state index is 10.8. The fraction of sp³-hybridized carbons (Fsp3) is 0.0714. The number of nitro benzene ring substituents is 1. The van der Waals surface area contributed by atoms with E-state index in [0.29, 0.717) is 0 Å². The quantitative estimate of drug-likeness (QED) is 0.263. The summed E-state index contributed by atoms with van der Waals surface area (Å²) in [5.41, 5.74) is 0.475. The lowest BCUT2D eigenvalue weighted by Crippen LogP contribution is -2.06. The van der Waals surface area contributed by atoms with Crippen LogP contribution in [0.25, 0.3) is 0 Å². The Labute approximate surface area is 119 Å². The predicted molar refractivity (Wildman–Crippen MR) is 74.9 cm³/mol. The van der Waals surface area contributed by atoms with Crippen molar-refractivity contribution < 1.29 is 20.3 Å². The van der Waals surface area contributed by atoms with Crippen LogP contribution in [0.2, 0.25) is 0 Å². The van der Waals surface area contributed by atoms with Crippen molar-refractivity contribution in [2.45, 2.75) is 6.42 Å². The monoisotopic (exact) mass is 288 g/mol. The van der Waals surface area contributed by atoms with Crippen molar-refractivity contribution in [1.29, 1.82) is 0 Å². The van der Waals surface area contributed by atoms with Gasteiger partial charge >= 0.3 is 5.69 Å². The second-order valence-corrected chi connectivity index (χ2v) is 4.33. The van der Waals surface area contributed by atoms with E-state index in [4.69, 9.17) is 5.21 Å². The Morgan fingerprint density at radius 1 is 1.19 bits per heavy atom. The first-order chi connectivity index (χ1) is 10.0. The van der Waals surface area contributed by atoms with Gasteiger partial charge in [0.15, 0.2) is 5.75 Å². The minimum atomic E-state index is -0.823. The lowest BCUT2D eigenvalue weighted by atomic mass is 10.0. The number of hydrogen-bond acceptors (Lipinski definition) is 6. The molecule has 0 saturated heterocycles. The lowest BCUT2D eigenvalue weighted by Gasteiger charge is -2.07. The predicted octanol–water partition coefficient (Wildman–Crippen LogP) is 2.43. The van der Waals surface area contributed by atoms with E-state index in [1.807, 2.05) is 6.07 Å². The number of oxime groups is 1. The second kappa shape index (κ2) is 5.91. The van der Waals surface area contributed by atoms with Gasteiger partial charge in [-0.15, -0.1) is 0 Å². The molecule has 0 aliphatic heterocycles. The van der Waals surface area contributed by atoms with Crippen molar-refractivity contribution in [3.63, 3.8) is 0 Å². The molecule has 0 saturated carbocycles. The van der Waals surface area contributed by atoms with E-state index in [2.05, 4.69) is 5.16 Å². The maximum atomic E-state index is 10.8. The molecular formula is C14H12N2O5. The van der Waals surface area contributed by atoms with Crippen LogP contribution in [-0.2, 0) is 6.42 Å². The molecule has 7 nitrogen and oxygen atoms in total. The summed E-state index contributed by atoms with van der Waals surface area (Å²) in [4.78, 5) is 10.0. The van der Waals surface area contributed by atoms with Gasteiger partial charge in [-0.25, -0.2) is 0 Å². The topological polar surface area (TPSA) is 116 Å². The highest BCUT2D eigenvalue weighted by atomic mass is 16.6. The molecule has 0 aliphatic rings. The molecule has 0 aromatic heterocycles. The van der Waals surface area contributed by atoms with Crippen LogP contribution in [0, 0.1) is 10.1 Å². The summed E-state index contributed by atoms with van der Waals surface area (Å²) in [5.74, 6) is -1.46. The van der Waals surface area contributed by atoms with Gasteiger partial charge in [0.25, 0.3) is 0 Å². The second-order valence-electron chi connectivity index (χ2n) is 4.33. The number of aromatic hydroxyl groups is 2. The summed E-state index contributed by atoms with van der Waals surface area (Å²) in [6.45, 7) is 0. The minimum Gasteiger partial charge on any atom is -0.504 e. The minimum absolute atomic E-state index is 0.139. The van der Waals surface area contributed by atoms with Crippen molar-refractivity contribution in [3.05, 3.63) is 63.7 Å². The standard InChI is InChI=1S/C14H12N2O5/c17-13-8-10(7-12(14(13)18)16(20)21)11(15-19)6-9-4-2-1-3-5-9/h1-5,7-8,17-19H,6H2/b15-11+. The molecule has 0 amide bonds. The summed E-state index contributed by atoms with van der Waals surface area (Å²) < 4.78 is 0. The molecule has 0 aliphatic carbocycles. The zero-order valence-electron chi connectivity index (χ0n) is 10.8. The highest BCUT2D eigenvalue weighted by Gasteiger charge is 2.21. The Morgan fingerprint density at radius 3 is 2.43 bits per heavy atom. The zero-order chi connectivity index (χ0) is 15.4. The van der Waals surface area contributed by atoms with Gasteiger partial charge in [-0.05, 0) is 11.6 Å². The number of rotatable bonds is 4. The van der Waals surface area contributed by atoms with E-state index in [1.54, 1.807) is 24.3 Å². The first kappa shape index (κ1) is 14.3. The molecular weight excluding hydrogens is 276 g/mol. The Kier molecular flexibility index (Phi) is 4.03. The van der Waals surface area contributed by atoms with Gasteiger partial charge in [-0.3, -0.25) is 10.1 Å². The number of nitro groups is 1. The Hall–Kier alpha value is -3.09. The number of phenols is 2. The fourth-order valence-electron chi connectivity index (χ4n) is 1.89. The molecule has 0 spiro atoms. The SMILES string of the molecule is O=[N+]([O-])c1cc(/C(Cc2ccccc2)=N/O)cc(O)c1O. The fourth-order valence-corrected chi connectivity index (χ4v) is 1.89. The van der Waals surface area contributed by atoms with Crippen molar-refractivity contribution in [1.82, 2.24) is 0 Å². The molecule has 2 aromatic rings. The van der Waals surface area contributed by atoms with Crippen molar-refractivity contribution in [2.24, 2.45) is 5.16 Å². The Balaban J connectivity index is 2.42. The Morgan fingerprint density at radius 2 is 1.86 bits per heavy atom. The zero-order valence-corrected chi connectivity index (χ0v) is 10.8. The normalized spacial score (nSPS) is 11.3. The van der Waals surface area contributed by atoms with E-state index in [1.165, 1.54) is 0 Å². The van der Waals surface area contributed by atoms with Crippen molar-refractivity contribution in [2.75, 3.05) is 0 Å². The lowest BCUT2D eigenvalue weighted by molar-refractivity contribution is -0.386. The molecule has 2 aromatic carbocycles. The summed E-state index contributed by atoms with van der Waals surface area (Å²) in [5, 5.41) is 42.0. The summed E-state index contributed by atoms with van der Waals surface area (Å²) in [6.07, 6.45) is 0.221. The van der Waals surface area contributed by atoms with E-state index >= 15 is 0 Å². The summed E-state index contributed by atoms with van der Waals surface area (Å²) in [7, 11) is 0. The number of hydrogen-bond donors (Lipinski definition) is 3. The Bertz CT molecular complexity index is 698. The van der Waals surface area contributed by atoms with Crippen LogP contribution in [-0.4, -0.2) is 26.1 Å². The van der Waals surface area contributed by atoms with E-state index in [9.17, 15) is 20.3 Å². The molecule has 21 heavy (non-hydrogen) atoms. The van der Waals surface area contributed by atoms with Crippen molar-refractivity contribution in [3.8, 4) is 11.5 Å². The summed E-state index contributed by atoms with van der Waals surface area (Å²) >= 11 is 0. The number of nitrogens with zero attached hydrogens (tertiary/aromatic N) is 2. The van der Waals surface area contributed by atoms with Gasteiger partial charge in [0.2, 0.25) is 5.75 Å². The van der Waals surface area contributed by atoms with Crippen molar-refractivity contribution >= 4 is 11.4 Å². The third kappa shape index (κ3) is 3.08. The van der Waals surface area contributed by atoms with Crippen LogP contribution in [0.1, 0.15) is 11.1 Å². The molecule has 0 fully saturated rings. The molecule has 0 atom stereocenters. The van der Waals surface area contributed by atoms with Gasteiger partial charge in [0, 0.05) is 18.1 Å². The number of benzene rings is 2. The molecule has 0 unspecified atom stereocenters. The highest BCUT2D eigenvalue weighted by molar-refractivity contribution is 6.02. The largest absolute Gasteiger partial charge is 0.504 e. The smallest absolute Gasteiger partial charge is 0.315 e. The van der Waals surface area contributed by atoms with Gasteiger partial charge in [-0.2, -0.15) is 0 Å². The van der Waals surface area contributed by atoms with Gasteiger partial charge < -0.3 is 15.4 Å². The van der Waals surface area contributed by atoms with Crippen LogP contribution < -0.4 is 0 Å². The van der Waals surface area contributed by atoms with E-state index in [-0.39, 0.29) is 17.7 Å². The molecule has 3 N–H and O–H groups in total. The van der Waals surface area contributed by atoms with Crippen LogP contribution in [0.5, 0.6) is 11.5 Å². The molecule has 2 rings (SSSR count). The summed E-state index contributed by atoms with van der Waals surface area (Å²) in [6, 6.07) is 11.2. The van der Waals surface area contributed by atoms with Crippen LogP contribution in [0.3, 0.4) is 0 Å². The molecule has 108 valence electrons. The third-order valence-electron chi connectivity index (χ3n) is 2.93. The van der Waals surface area contributed by atoms with Crippen LogP contribution in [0.15, 0.2) is 47.6 Å². The highest BCUT2D eigenvalue weighted by Crippen LogP contribution is 2.36. The van der Waals surface area contributed by atoms with Crippen LogP contribution >= 0.6 is 0 Å². The first-order valence-electron chi connectivity index (χ1n) is 5.98. The van der Waals surface area contributed by atoms with Crippen LogP contribution in [0.4, 0.5) is 5.69 Å². The third-order valence-corrected chi connectivity index (χ3v) is 2.93. The number of phenolic OH excluding ortho intramolecular Hbond substituents is 2. The van der Waals surface area contributed by atoms with Gasteiger partial charge in [0.05, 0.1) is 10.6 Å². The molecule has 7 heteroatoms. The first-order valence-corrected chi connectivity index (χ1v) is 5.98. The average Bonchev–Trinajstić information content (AvgIpc) is 2.48. The van der Waals surface area contributed by atoms with E-state index in [0.717, 1.165) is 17.7 Å². The maximum Gasteiger partial charge on any atom is 0.315 e. The average molecular weight is 288 g/mol. The molecule has 0 radical (unpaired) electrons. The van der Waals surface area contributed by atoms with E-state index < -0.39 is 22.1 Å².